The number of benzene rings is 1. The second-order valence-corrected chi connectivity index (χ2v) is 9.86. The van der Waals surface area contributed by atoms with Crippen molar-refractivity contribution >= 4 is 12.0 Å². The lowest BCUT2D eigenvalue weighted by Crippen LogP contribution is -2.48. The highest BCUT2D eigenvalue weighted by Gasteiger charge is 2.37. The van der Waals surface area contributed by atoms with Crippen LogP contribution in [-0.4, -0.2) is 84.4 Å². The fourth-order valence-corrected chi connectivity index (χ4v) is 5.43. The molecule has 0 spiro atoms. The molecule has 37 heavy (non-hydrogen) atoms. The third-order valence-corrected chi connectivity index (χ3v) is 7.47. The Hall–Kier alpha value is -2.89. The maximum atomic E-state index is 14.1. The van der Waals surface area contributed by atoms with Crippen LogP contribution >= 0.6 is 0 Å². The van der Waals surface area contributed by atoms with Crippen molar-refractivity contribution in [1.29, 1.82) is 0 Å². The molecule has 1 aromatic heterocycles. The van der Waals surface area contributed by atoms with Gasteiger partial charge in [-0.25, -0.2) is 23.5 Å². The monoisotopic (exact) mass is 516 g/mol. The zero-order valence-corrected chi connectivity index (χ0v) is 21.1. The molecule has 0 aliphatic carbocycles. The normalized spacial score (nSPS) is 22.6. The number of hydrogen-bond donors (Lipinski definition) is 2. The SMILES string of the molecule is COCCN1CCC(NC(=O)N2CCc3cnc(NC4CCOCC4)nc3C2)[C@@H]1c1ccc(F)c(F)c1. The first-order valence-electron chi connectivity index (χ1n) is 12.9. The Kier molecular flexibility index (Phi) is 8.11. The first-order valence-corrected chi connectivity index (χ1v) is 12.9. The molecule has 1 aromatic carbocycles. The zero-order chi connectivity index (χ0) is 25.8. The molecule has 2 fully saturated rings. The van der Waals surface area contributed by atoms with Gasteiger partial charge in [0.25, 0.3) is 0 Å². The number of nitrogens with one attached hydrogen (secondary N) is 2. The van der Waals surface area contributed by atoms with Crippen molar-refractivity contribution in [2.45, 2.75) is 50.4 Å². The molecule has 2 aromatic rings. The van der Waals surface area contributed by atoms with Gasteiger partial charge in [-0.05, 0) is 48.9 Å². The Morgan fingerprint density at radius 1 is 1.19 bits per heavy atom. The summed E-state index contributed by atoms with van der Waals surface area (Å²) in [6.07, 6.45) is 5.05. The standard InChI is InChI=1S/C26H34F2N6O3/c1-36-13-10-33-9-5-22(24(33)17-2-3-20(27)21(28)14-17)32-26(35)34-8-4-18-15-29-25(31-23(18)16-34)30-19-6-11-37-12-7-19/h2-3,14-15,19,22,24H,4-13,16H2,1H3,(H,32,35)(H,29,30,31)/t22?,24-/m0/s1. The number of carbonyl (C=O) groups is 1. The Morgan fingerprint density at radius 2 is 2.03 bits per heavy atom. The molecule has 2 atom stereocenters. The van der Waals surface area contributed by atoms with Gasteiger partial charge in [-0.15, -0.1) is 0 Å². The maximum Gasteiger partial charge on any atom is 0.318 e. The number of methoxy groups -OCH3 is 1. The van der Waals surface area contributed by atoms with Crippen LogP contribution in [0.1, 0.15) is 42.1 Å². The molecule has 0 saturated carbocycles. The van der Waals surface area contributed by atoms with Crippen molar-refractivity contribution < 1.29 is 23.0 Å². The van der Waals surface area contributed by atoms with Gasteiger partial charge in [0.05, 0.1) is 30.9 Å². The van der Waals surface area contributed by atoms with E-state index in [1.807, 2.05) is 6.20 Å². The van der Waals surface area contributed by atoms with Gasteiger partial charge in [-0.2, -0.15) is 0 Å². The number of nitrogens with zero attached hydrogens (tertiary/aromatic N) is 4. The Labute approximate surface area is 215 Å². The summed E-state index contributed by atoms with van der Waals surface area (Å²) < 4.78 is 38.3. The fourth-order valence-electron chi connectivity index (χ4n) is 5.43. The lowest BCUT2D eigenvalue weighted by Gasteiger charge is -2.33. The lowest BCUT2D eigenvalue weighted by molar-refractivity contribution is 0.0903. The fraction of sp³-hybridized carbons (Fsp3) is 0.577. The van der Waals surface area contributed by atoms with Crippen LogP contribution in [0.15, 0.2) is 24.4 Å². The van der Waals surface area contributed by atoms with Gasteiger partial charge >= 0.3 is 6.03 Å². The molecule has 2 saturated heterocycles. The van der Waals surface area contributed by atoms with E-state index in [1.165, 1.54) is 6.07 Å². The molecular formula is C26H34F2N6O3. The highest BCUT2D eigenvalue weighted by molar-refractivity contribution is 5.75. The number of hydrogen-bond acceptors (Lipinski definition) is 7. The van der Waals surface area contributed by atoms with Crippen molar-refractivity contribution in [3.63, 3.8) is 0 Å². The number of amides is 2. The van der Waals surface area contributed by atoms with Crippen LogP contribution < -0.4 is 10.6 Å². The van der Waals surface area contributed by atoms with Gasteiger partial charge in [-0.1, -0.05) is 6.07 Å². The topological polar surface area (TPSA) is 91.9 Å². The minimum Gasteiger partial charge on any atom is -0.383 e. The first-order chi connectivity index (χ1) is 18.0. The van der Waals surface area contributed by atoms with E-state index in [-0.39, 0.29) is 24.2 Å². The summed E-state index contributed by atoms with van der Waals surface area (Å²) in [4.78, 5) is 26.4. The van der Waals surface area contributed by atoms with Gasteiger partial charge < -0.3 is 25.0 Å². The van der Waals surface area contributed by atoms with Crippen molar-refractivity contribution in [1.82, 2.24) is 25.1 Å². The summed E-state index contributed by atoms with van der Waals surface area (Å²) in [5, 5.41) is 6.56. The van der Waals surface area contributed by atoms with Crippen molar-refractivity contribution in [2.24, 2.45) is 0 Å². The summed E-state index contributed by atoms with van der Waals surface area (Å²) in [7, 11) is 1.63. The van der Waals surface area contributed by atoms with Crippen molar-refractivity contribution in [3.05, 3.63) is 52.9 Å². The van der Waals surface area contributed by atoms with Gasteiger partial charge in [0.2, 0.25) is 5.95 Å². The number of urea groups is 1. The van der Waals surface area contributed by atoms with Gasteiger partial charge in [0.1, 0.15) is 0 Å². The number of carbonyl (C=O) groups excluding carboxylic acids is 1. The maximum absolute atomic E-state index is 14.1. The van der Waals surface area contributed by atoms with Gasteiger partial charge in [0.15, 0.2) is 11.6 Å². The zero-order valence-electron chi connectivity index (χ0n) is 21.1. The largest absolute Gasteiger partial charge is 0.383 e. The van der Waals surface area contributed by atoms with E-state index in [1.54, 1.807) is 18.1 Å². The van der Waals surface area contributed by atoms with Crippen molar-refractivity contribution in [3.8, 4) is 0 Å². The van der Waals surface area contributed by atoms with E-state index < -0.39 is 11.6 Å². The molecule has 0 bridgehead atoms. The van der Waals surface area contributed by atoms with Gasteiger partial charge in [-0.3, -0.25) is 4.90 Å². The minimum atomic E-state index is -0.890. The van der Waals surface area contributed by atoms with Crippen LogP contribution in [-0.2, 0) is 22.4 Å². The Balaban J connectivity index is 1.26. The lowest BCUT2D eigenvalue weighted by atomic mass is 9.99. The van der Waals surface area contributed by atoms with E-state index >= 15 is 0 Å². The quantitative estimate of drug-likeness (QED) is 0.585. The molecular weight excluding hydrogens is 482 g/mol. The van der Waals surface area contributed by atoms with Crippen LogP contribution in [0.4, 0.5) is 19.5 Å². The molecule has 11 heteroatoms. The Morgan fingerprint density at radius 3 is 2.81 bits per heavy atom. The summed E-state index contributed by atoms with van der Waals surface area (Å²) in [6.45, 7) is 4.26. The summed E-state index contributed by atoms with van der Waals surface area (Å²) in [5.74, 6) is -1.19. The third kappa shape index (κ3) is 6.00. The van der Waals surface area contributed by atoms with E-state index in [2.05, 4.69) is 20.5 Å². The second kappa shape index (κ2) is 11.7. The smallest absolute Gasteiger partial charge is 0.318 e. The highest BCUT2D eigenvalue weighted by Crippen LogP contribution is 2.33. The average Bonchev–Trinajstić information content (AvgIpc) is 3.31. The number of aromatic nitrogens is 2. The molecule has 3 aliphatic heterocycles. The molecule has 0 radical (unpaired) electrons. The first kappa shape index (κ1) is 25.7. The molecule has 2 amide bonds. The number of likely N-dealkylation sites (tertiary alicyclic amines) is 1. The summed E-state index contributed by atoms with van der Waals surface area (Å²) in [5.41, 5.74) is 2.53. The highest BCUT2D eigenvalue weighted by atomic mass is 19.2. The van der Waals surface area contributed by atoms with Crippen LogP contribution in [0.25, 0.3) is 0 Å². The molecule has 2 N–H and O–H groups in total. The van der Waals surface area contributed by atoms with E-state index in [4.69, 9.17) is 14.5 Å². The van der Waals surface area contributed by atoms with Crippen molar-refractivity contribution in [2.75, 3.05) is 51.9 Å². The molecule has 1 unspecified atom stereocenters. The predicted molar refractivity (Wildman–Crippen MR) is 133 cm³/mol. The van der Waals surface area contributed by atoms with Crippen LogP contribution in [0.2, 0.25) is 0 Å². The van der Waals surface area contributed by atoms with Crippen LogP contribution in [0.3, 0.4) is 0 Å². The Bertz CT molecular complexity index is 1100. The van der Waals surface area contributed by atoms with E-state index in [0.717, 1.165) is 49.9 Å². The summed E-state index contributed by atoms with van der Waals surface area (Å²) >= 11 is 0. The van der Waals surface area contributed by atoms with Crippen LogP contribution in [0.5, 0.6) is 0 Å². The third-order valence-electron chi connectivity index (χ3n) is 7.47. The van der Waals surface area contributed by atoms with Gasteiger partial charge in [0, 0.05) is 52.2 Å². The number of fused-ring (bicyclic) bond motifs is 1. The molecule has 9 nitrogen and oxygen atoms in total. The predicted octanol–water partition coefficient (Wildman–Crippen LogP) is 2.88. The number of halogens is 2. The molecule has 5 rings (SSSR count). The van der Waals surface area contributed by atoms with Crippen LogP contribution in [0, 0.1) is 11.6 Å². The van der Waals surface area contributed by atoms with E-state index in [9.17, 15) is 13.6 Å². The number of rotatable bonds is 7. The molecule has 200 valence electrons. The molecule has 4 heterocycles. The average molecular weight is 517 g/mol. The molecule has 3 aliphatic rings. The second-order valence-electron chi connectivity index (χ2n) is 9.86. The van der Waals surface area contributed by atoms with E-state index in [0.29, 0.717) is 50.6 Å². The number of ether oxygens (including phenoxy) is 2. The number of anilines is 1. The summed E-state index contributed by atoms with van der Waals surface area (Å²) in [6, 6.07) is 3.54. The minimum absolute atomic E-state index is 0.186.